The van der Waals surface area contributed by atoms with Crippen LogP contribution in [0.25, 0.3) is 0 Å². The molecule has 94 valence electrons. The van der Waals surface area contributed by atoms with E-state index in [4.69, 9.17) is 4.74 Å². The Labute approximate surface area is 100 Å². The minimum atomic E-state index is -0.441. The van der Waals surface area contributed by atoms with Crippen molar-refractivity contribution in [2.75, 3.05) is 32.6 Å². The molecular formula is C12H17FN2O2. The predicted molar refractivity (Wildman–Crippen MR) is 64.7 cm³/mol. The molecule has 4 nitrogen and oxygen atoms in total. The number of carbonyl (C=O) groups excluding carboxylic acids is 1. The number of ether oxygens (including phenoxy) is 1. The Morgan fingerprint density at radius 1 is 1.53 bits per heavy atom. The van der Waals surface area contributed by atoms with E-state index in [0.29, 0.717) is 13.2 Å². The van der Waals surface area contributed by atoms with Crippen molar-refractivity contribution in [1.82, 2.24) is 4.90 Å². The summed E-state index contributed by atoms with van der Waals surface area (Å²) < 4.78 is 18.2. The predicted octanol–water partition coefficient (Wildman–Crippen LogP) is 2.24. The van der Waals surface area contributed by atoms with E-state index in [0.717, 1.165) is 5.56 Å². The number of rotatable bonds is 4. The van der Waals surface area contributed by atoms with Gasteiger partial charge in [0, 0.05) is 20.7 Å². The normalized spacial score (nSPS) is 10.1. The maximum Gasteiger partial charge on any atom is 0.321 e. The summed E-state index contributed by atoms with van der Waals surface area (Å²) >= 11 is 0. The second kappa shape index (κ2) is 6.20. The molecule has 0 aliphatic carbocycles. The number of nitrogens with one attached hydrogen (secondary N) is 1. The Bertz CT molecular complexity index is 396. The fourth-order valence-corrected chi connectivity index (χ4v) is 1.28. The Hall–Kier alpha value is -1.62. The lowest BCUT2D eigenvalue weighted by atomic mass is 10.2. The molecular weight excluding hydrogens is 223 g/mol. The van der Waals surface area contributed by atoms with E-state index in [2.05, 4.69) is 5.32 Å². The zero-order valence-corrected chi connectivity index (χ0v) is 10.3. The van der Waals surface area contributed by atoms with Gasteiger partial charge in [-0.25, -0.2) is 9.18 Å². The second-order valence-corrected chi connectivity index (χ2v) is 3.83. The number of methoxy groups -OCH3 is 1. The van der Waals surface area contributed by atoms with Gasteiger partial charge in [0.2, 0.25) is 0 Å². The maximum absolute atomic E-state index is 13.4. The number of urea groups is 1. The number of amides is 2. The number of likely N-dealkylation sites (N-methyl/N-ethyl adjacent to an activating group) is 1. The van der Waals surface area contributed by atoms with Crippen LogP contribution in [0.4, 0.5) is 14.9 Å². The van der Waals surface area contributed by atoms with Crippen LogP contribution in [0.2, 0.25) is 0 Å². The summed E-state index contributed by atoms with van der Waals surface area (Å²) in [6, 6.07) is 4.23. The molecule has 0 unspecified atom stereocenters. The standard InChI is InChI=1S/C12H17FN2O2/c1-9-4-5-10(13)11(8-9)14-12(16)15(2)6-7-17-3/h4-5,8H,6-7H2,1-3H3,(H,14,16). The molecule has 0 aliphatic rings. The van der Waals surface area contributed by atoms with Crippen LogP contribution in [-0.2, 0) is 4.74 Å². The zero-order valence-electron chi connectivity index (χ0n) is 10.3. The minimum absolute atomic E-state index is 0.194. The quantitative estimate of drug-likeness (QED) is 0.877. The largest absolute Gasteiger partial charge is 0.383 e. The summed E-state index contributed by atoms with van der Waals surface area (Å²) in [5, 5.41) is 2.52. The smallest absolute Gasteiger partial charge is 0.321 e. The van der Waals surface area contributed by atoms with Crippen LogP contribution < -0.4 is 5.32 Å². The summed E-state index contributed by atoms with van der Waals surface area (Å²) in [7, 11) is 3.19. The van der Waals surface area contributed by atoms with E-state index in [1.54, 1.807) is 26.3 Å². The van der Waals surface area contributed by atoms with Gasteiger partial charge in [-0.1, -0.05) is 6.07 Å². The number of hydrogen-bond acceptors (Lipinski definition) is 2. The van der Waals surface area contributed by atoms with E-state index in [1.165, 1.54) is 11.0 Å². The van der Waals surface area contributed by atoms with Gasteiger partial charge in [-0.05, 0) is 24.6 Å². The fourth-order valence-electron chi connectivity index (χ4n) is 1.28. The monoisotopic (exact) mass is 240 g/mol. The molecule has 1 aromatic rings. The lowest BCUT2D eigenvalue weighted by Crippen LogP contribution is -2.34. The van der Waals surface area contributed by atoms with Gasteiger partial charge < -0.3 is 15.0 Å². The fraction of sp³-hybridized carbons (Fsp3) is 0.417. The highest BCUT2D eigenvalue weighted by Crippen LogP contribution is 2.15. The first kappa shape index (κ1) is 13.4. The third-order valence-electron chi connectivity index (χ3n) is 2.34. The molecule has 1 aromatic carbocycles. The molecule has 0 radical (unpaired) electrons. The van der Waals surface area contributed by atoms with Crippen molar-refractivity contribution >= 4 is 11.7 Å². The average molecular weight is 240 g/mol. The highest BCUT2D eigenvalue weighted by molar-refractivity contribution is 5.89. The van der Waals surface area contributed by atoms with Crippen LogP contribution in [0, 0.1) is 12.7 Å². The number of benzene rings is 1. The van der Waals surface area contributed by atoms with Gasteiger partial charge in [-0.2, -0.15) is 0 Å². The molecule has 0 heterocycles. The lowest BCUT2D eigenvalue weighted by molar-refractivity contribution is 0.165. The molecule has 0 spiro atoms. The van der Waals surface area contributed by atoms with Crippen molar-refractivity contribution in [3.63, 3.8) is 0 Å². The zero-order chi connectivity index (χ0) is 12.8. The van der Waals surface area contributed by atoms with E-state index >= 15 is 0 Å². The third kappa shape index (κ3) is 4.03. The molecule has 1 N–H and O–H groups in total. The number of aryl methyl sites for hydroxylation is 1. The van der Waals surface area contributed by atoms with Crippen LogP contribution in [0.15, 0.2) is 18.2 Å². The van der Waals surface area contributed by atoms with E-state index < -0.39 is 5.82 Å². The molecule has 0 bridgehead atoms. The Balaban J connectivity index is 2.64. The van der Waals surface area contributed by atoms with Crippen molar-refractivity contribution in [2.24, 2.45) is 0 Å². The first-order valence-corrected chi connectivity index (χ1v) is 5.32. The van der Waals surface area contributed by atoms with E-state index in [-0.39, 0.29) is 11.7 Å². The summed E-state index contributed by atoms with van der Waals surface area (Å²) in [4.78, 5) is 13.1. The van der Waals surface area contributed by atoms with Crippen LogP contribution in [-0.4, -0.2) is 38.2 Å². The molecule has 17 heavy (non-hydrogen) atoms. The van der Waals surface area contributed by atoms with Crippen LogP contribution in [0.3, 0.4) is 0 Å². The summed E-state index contributed by atoms with van der Waals surface area (Å²) in [6.45, 7) is 2.74. The second-order valence-electron chi connectivity index (χ2n) is 3.83. The number of carbonyl (C=O) groups is 1. The van der Waals surface area contributed by atoms with Crippen molar-refractivity contribution in [3.8, 4) is 0 Å². The Morgan fingerprint density at radius 2 is 2.24 bits per heavy atom. The van der Waals surface area contributed by atoms with E-state index in [1.807, 2.05) is 6.92 Å². The number of anilines is 1. The molecule has 2 amide bonds. The molecule has 0 aromatic heterocycles. The van der Waals surface area contributed by atoms with Crippen molar-refractivity contribution in [1.29, 1.82) is 0 Å². The molecule has 0 atom stereocenters. The molecule has 5 heteroatoms. The number of halogens is 1. The Kier molecular flexibility index (Phi) is 4.90. The van der Waals surface area contributed by atoms with Gasteiger partial charge in [0.05, 0.1) is 12.3 Å². The highest BCUT2D eigenvalue weighted by atomic mass is 19.1. The van der Waals surface area contributed by atoms with Crippen LogP contribution in [0.5, 0.6) is 0 Å². The summed E-state index contributed by atoms with van der Waals surface area (Å²) in [5.41, 5.74) is 1.08. The highest BCUT2D eigenvalue weighted by Gasteiger charge is 2.10. The lowest BCUT2D eigenvalue weighted by Gasteiger charge is -2.17. The minimum Gasteiger partial charge on any atom is -0.383 e. The van der Waals surface area contributed by atoms with Gasteiger partial charge >= 0.3 is 6.03 Å². The van der Waals surface area contributed by atoms with Gasteiger partial charge in [0.15, 0.2) is 0 Å². The van der Waals surface area contributed by atoms with Crippen LogP contribution in [0.1, 0.15) is 5.56 Å². The van der Waals surface area contributed by atoms with Crippen LogP contribution >= 0.6 is 0 Å². The Morgan fingerprint density at radius 3 is 2.88 bits per heavy atom. The number of nitrogens with zero attached hydrogens (tertiary/aromatic N) is 1. The average Bonchev–Trinajstić information content (AvgIpc) is 2.30. The van der Waals surface area contributed by atoms with Gasteiger partial charge in [-0.3, -0.25) is 0 Å². The van der Waals surface area contributed by atoms with Gasteiger partial charge in [-0.15, -0.1) is 0 Å². The van der Waals surface area contributed by atoms with Gasteiger partial charge in [0.1, 0.15) is 5.82 Å². The third-order valence-corrected chi connectivity index (χ3v) is 2.34. The van der Waals surface area contributed by atoms with Crippen molar-refractivity contribution < 1.29 is 13.9 Å². The van der Waals surface area contributed by atoms with Crippen molar-refractivity contribution in [2.45, 2.75) is 6.92 Å². The number of hydrogen-bond donors (Lipinski definition) is 1. The molecule has 0 fully saturated rings. The summed E-state index contributed by atoms with van der Waals surface area (Å²) in [5.74, 6) is -0.441. The van der Waals surface area contributed by atoms with Crippen molar-refractivity contribution in [3.05, 3.63) is 29.6 Å². The first-order valence-electron chi connectivity index (χ1n) is 5.32. The maximum atomic E-state index is 13.4. The van der Waals surface area contributed by atoms with E-state index in [9.17, 15) is 9.18 Å². The molecule has 1 rings (SSSR count). The van der Waals surface area contributed by atoms with Gasteiger partial charge in [0.25, 0.3) is 0 Å². The topological polar surface area (TPSA) is 41.6 Å². The molecule has 0 saturated heterocycles. The molecule has 0 aliphatic heterocycles. The first-order chi connectivity index (χ1) is 8.04. The molecule has 0 saturated carbocycles. The SMILES string of the molecule is COCCN(C)C(=O)Nc1cc(C)ccc1F. The summed E-state index contributed by atoms with van der Waals surface area (Å²) in [6.07, 6.45) is 0.